The average Bonchev–Trinajstić information content (AvgIpc) is 2.55. The van der Waals surface area contributed by atoms with Gasteiger partial charge in [-0.25, -0.2) is 14.2 Å². The zero-order valence-corrected chi connectivity index (χ0v) is 55.9. The van der Waals surface area contributed by atoms with Crippen LogP contribution in [0.1, 0.15) is 6.92 Å². The van der Waals surface area contributed by atoms with Crippen LogP contribution in [0.25, 0.3) is 67.1 Å². The number of benzene rings is 4. The molecule has 0 bridgehead atoms. The first-order chi connectivity index (χ1) is 41.6. The predicted octanol–water partition coefficient (Wildman–Crippen LogP) is 12.8. The van der Waals surface area contributed by atoms with Crippen LogP contribution in [0.3, 0.4) is 0 Å². The minimum atomic E-state index is -2.22. The van der Waals surface area contributed by atoms with E-state index in [1.807, 2.05) is 94.9 Å². The van der Waals surface area contributed by atoms with Gasteiger partial charge in [-0.2, -0.15) is 14.3 Å². The number of ether oxygens (including phenoxy) is 8. The molecular weight excluding hydrogens is 1270 g/mol. The van der Waals surface area contributed by atoms with E-state index in [4.69, 9.17) is 81.0 Å². The zero-order valence-electron chi connectivity index (χ0n) is 50.0. The first-order valence-electron chi connectivity index (χ1n) is 29.3. The molecule has 0 radical (unpaired) electrons. The molecule has 4 aromatic carbocycles. The second-order valence-electron chi connectivity index (χ2n) is 24.9. The summed E-state index contributed by atoms with van der Waals surface area (Å²) in [5.41, 5.74) is 10.4. The third-order valence-corrected chi connectivity index (χ3v) is 21.9. The van der Waals surface area contributed by atoms with Gasteiger partial charge >= 0.3 is 12.0 Å². The van der Waals surface area contributed by atoms with Gasteiger partial charge in [0.1, 0.15) is 61.1 Å². The summed E-state index contributed by atoms with van der Waals surface area (Å²) in [6.45, 7) is 18.5. The number of halogens is 3. The van der Waals surface area contributed by atoms with Gasteiger partial charge in [0.05, 0.1) is 53.5 Å². The summed E-state index contributed by atoms with van der Waals surface area (Å²) in [6.07, 6.45) is -2.04. The number of aromatic nitrogens is 6. The van der Waals surface area contributed by atoms with Crippen LogP contribution in [0.15, 0.2) is 118 Å². The second-order valence-corrected chi connectivity index (χ2v) is 40.5. The fourth-order valence-electron chi connectivity index (χ4n) is 10.5. The number of hydrogen-bond donors (Lipinski definition) is 2. The van der Waals surface area contributed by atoms with Crippen molar-refractivity contribution < 1.29 is 52.3 Å². The van der Waals surface area contributed by atoms with Crippen molar-refractivity contribution in [1.29, 1.82) is 0 Å². The Balaban J connectivity index is 0.000000181. The van der Waals surface area contributed by atoms with Crippen LogP contribution in [0.4, 0.5) is 5.69 Å². The lowest BCUT2D eigenvalue weighted by Crippen LogP contribution is -2.35. The SMILES string of the molecule is CCS(C)(=O)=Nc1ccc(-c2ccc(-c3nc4c(cc3Cl)nc(O[C@@H]3CO[C@H]5[C@@H]3OC[C@H]5O)n4COCC[Si](C)(C)C)cc2)cc1.C[Si](C)(C)CCOCn1c(O[C@@H]2CO[C@H]3[C@@H]2OC[C@H]3O)nc2cc(Cl)c(-c3ccc(-c4ccc(Br)cc4)cc3)nc21. The smallest absolute Gasteiger partial charge is 0.301 e. The number of nitrogens with zero attached hydrogens (tertiary/aromatic N) is 7. The number of aliphatic hydroxyl groups is 2. The molecule has 462 valence electrons. The summed E-state index contributed by atoms with van der Waals surface area (Å²) in [4.78, 5) is 19.4. The third-order valence-electron chi connectivity index (χ3n) is 15.7. The summed E-state index contributed by atoms with van der Waals surface area (Å²) in [5, 5.41) is 21.3. The number of aliphatic hydroxyl groups excluding tert-OH is 2. The maximum Gasteiger partial charge on any atom is 0.301 e. The molecule has 1 unspecified atom stereocenters. The van der Waals surface area contributed by atoms with Crippen molar-refractivity contribution in [2.24, 2.45) is 4.36 Å². The Morgan fingerprint density at radius 1 is 0.575 bits per heavy atom. The van der Waals surface area contributed by atoms with Crippen LogP contribution in [0, 0.1) is 0 Å². The summed E-state index contributed by atoms with van der Waals surface area (Å²) in [5.74, 6) is 0.510. The van der Waals surface area contributed by atoms with Crippen LogP contribution < -0.4 is 9.47 Å². The highest BCUT2D eigenvalue weighted by Crippen LogP contribution is 2.38. The number of imidazole rings is 2. The van der Waals surface area contributed by atoms with E-state index in [0.29, 0.717) is 87.0 Å². The molecule has 9 atom stereocenters. The van der Waals surface area contributed by atoms with Crippen molar-refractivity contribution in [3.63, 3.8) is 0 Å². The van der Waals surface area contributed by atoms with Crippen molar-refractivity contribution in [3.8, 4) is 56.8 Å². The Morgan fingerprint density at radius 2 is 0.943 bits per heavy atom. The van der Waals surface area contributed by atoms with Gasteiger partial charge < -0.3 is 48.1 Å². The lowest BCUT2D eigenvalue weighted by Gasteiger charge is -2.19. The molecule has 87 heavy (non-hydrogen) atoms. The second kappa shape index (κ2) is 26.7. The molecular formula is C63H74BrCl2N7O11SSi2. The largest absolute Gasteiger partial charge is 0.456 e. The van der Waals surface area contributed by atoms with Crippen LogP contribution in [0.5, 0.6) is 12.0 Å². The number of hydrogen-bond acceptors (Lipinski definition) is 16. The number of fused-ring (bicyclic) bond motifs is 4. The van der Waals surface area contributed by atoms with Crippen molar-refractivity contribution in [1.82, 2.24) is 29.1 Å². The molecule has 4 fully saturated rings. The van der Waals surface area contributed by atoms with Gasteiger partial charge in [0.15, 0.2) is 23.5 Å². The topological polar surface area (TPSA) is 205 Å². The fraction of sp³-hybridized carbons (Fsp3) is 0.429. The predicted molar refractivity (Wildman–Crippen MR) is 349 cm³/mol. The van der Waals surface area contributed by atoms with Gasteiger partial charge in [-0.15, -0.1) is 0 Å². The molecule has 2 N–H and O–H groups in total. The van der Waals surface area contributed by atoms with Crippen LogP contribution in [-0.4, -0.2) is 160 Å². The highest BCUT2D eigenvalue weighted by molar-refractivity contribution is 9.10. The molecule has 0 aliphatic carbocycles. The van der Waals surface area contributed by atoms with E-state index in [-0.39, 0.29) is 45.5 Å². The zero-order chi connectivity index (χ0) is 61.4. The maximum atomic E-state index is 12.4. The monoisotopic (exact) mass is 1340 g/mol. The summed E-state index contributed by atoms with van der Waals surface area (Å²) < 4.78 is 69.5. The van der Waals surface area contributed by atoms with Crippen LogP contribution in [0.2, 0.25) is 61.4 Å². The molecule has 0 amide bonds. The molecule has 4 saturated heterocycles. The van der Waals surface area contributed by atoms with Gasteiger partial charge in [0, 0.05) is 66.7 Å². The van der Waals surface area contributed by atoms with E-state index in [0.717, 1.165) is 49.9 Å². The van der Waals surface area contributed by atoms with E-state index in [9.17, 15) is 14.4 Å². The molecule has 4 aliphatic rings. The van der Waals surface area contributed by atoms with Crippen LogP contribution >= 0.6 is 39.1 Å². The maximum absolute atomic E-state index is 12.4. The van der Waals surface area contributed by atoms with Crippen molar-refractivity contribution >= 4 is 93.0 Å². The van der Waals surface area contributed by atoms with Crippen molar-refractivity contribution in [2.45, 2.75) is 121 Å². The molecule has 24 heteroatoms. The average molecular weight is 1340 g/mol. The Morgan fingerprint density at radius 3 is 1.33 bits per heavy atom. The highest BCUT2D eigenvalue weighted by Gasteiger charge is 2.50. The van der Waals surface area contributed by atoms with Gasteiger partial charge in [-0.1, -0.05) is 158 Å². The third kappa shape index (κ3) is 15.0. The summed E-state index contributed by atoms with van der Waals surface area (Å²) in [6, 6.07) is 38.5. The summed E-state index contributed by atoms with van der Waals surface area (Å²) in [7, 11) is -4.77. The lowest BCUT2D eigenvalue weighted by molar-refractivity contribution is 0.00332. The molecule has 0 spiro atoms. The van der Waals surface area contributed by atoms with E-state index in [1.165, 1.54) is 0 Å². The molecule has 0 saturated carbocycles. The molecule has 4 aromatic heterocycles. The molecule has 4 aliphatic heterocycles. The van der Waals surface area contributed by atoms with Gasteiger partial charge in [-0.3, -0.25) is 9.13 Å². The van der Waals surface area contributed by atoms with Crippen molar-refractivity contribution in [2.75, 3.05) is 51.6 Å². The summed E-state index contributed by atoms with van der Waals surface area (Å²) >= 11 is 17.0. The minimum Gasteiger partial charge on any atom is -0.456 e. The molecule has 8 aromatic rings. The highest BCUT2D eigenvalue weighted by atomic mass is 79.9. The molecule has 18 nitrogen and oxygen atoms in total. The Kier molecular flexibility index (Phi) is 19.5. The molecule has 12 rings (SSSR count). The Bertz CT molecular complexity index is 3840. The first kappa shape index (κ1) is 63.4. The first-order valence-corrected chi connectivity index (χ1v) is 40.3. The number of pyridine rings is 2. The van der Waals surface area contributed by atoms with E-state index < -0.39 is 62.5 Å². The fourth-order valence-corrected chi connectivity index (χ4v) is 13.5. The lowest BCUT2D eigenvalue weighted by atomic mass is 10.0. The Hall–Kier alpha value is -5.16. The van der Waals surface area contributed by atoms with Gasteiger partial charge in [0.25, 0.3) is 0 Å². The minimum absolute atomic E-state index is 0.210. The van der Waals surface area contributed by atoms with E-state index in [2.05, 4.69) is 83.8 Å². The molecule has 8 heterocycles. The van der Waals surface area contributed by atoms with E-state index >= 15 is 0 Å². The normalized spacial score (nSPS) is 22.5. The van der Waals surface area contributed by atoms with Gasteiger partial charge in [-0.05, 0) is 70.7 Å². The number of rotatable bonds is 20. The quantitative estimate of drug-likeness (QED) is 0.0538. The standard InChI is InChI=1S/C33H41ClN4O6SSi.C30H33BrClN3O5Si/c1-6-45(2,40)37-24-13-11-22(12-14-24)21-7-9-23(10-8-21)29-25(34)17-26-32(36-29)38(20-41-15-16-46(3,4)5)33(35-26)44-28-19-43-30-27(39)18-42-31(28)30;1-41(2,3)13-12-37-17-35-29-23(33-30(35)40-25-16-39-27-24(36)15-38-28(25)27)14-22(32)26(34-29)20-6-4-18(5-7-20)19-8-10-21(31)11-9-19/h7-14,17,27-28,30-31,39H,6,15-16,18-20H2,1-5H3;4-11,14,24-25,27-28,36H,12-13,15-17H2,1-3H3/t27-,28-,30-,31-,45?;24-,25-,27-,28-/m11/s1. The van der Waals surface area contributed by atoms with E-state index in [1.54, 1.807) is 12.3 Å². The Labute approximate surface area is 528 Å². The van der Waals surface area contributed by atoms with Gasteiger partial charge in [0.2, 0.25) is 0 Å². The van der Waals surface area contributed by atoms with Crippen LogP contribution in [-0.2, 0) is 51.6 Å². The van der Waals surface area contributed by atoms with Crippen molar-refractivity contribution in [3.05, 3.63) is 124 Å².